The minimum atomic E-state index is 0. The second kappa shape index (κ2) is 10.5. The molecule has 160 valence electrons. The van der Waals surface area contributed by atoms with Crippen molar-refractivity contribution in [2.45, 2.75) is 31.7 Å². The quantitative estimate of drug-likeness (QED) is 0.341. The van der Waals surface area contributed by atoms with Crippen molar-refractivity contribution >= 4 is 35.8 Å². The van der Waals surface area contributed by atoms with Crippen molar-refractivity contribution in [1.29, 1.82) is 0 Å². The van der Waals surface area contributed by atoms with Gasteiger partial charge in [0.25, 0.3) is 0 Å². The number of hydrogen-bond acceptors (Lipinski definition) is 4. The topological polar surface area (TPSA) is 69.2 Å². The van der Waals surface area contributed by atoms with Gasteiger partial charge < -0.3 is 20.3 Å². The number of hydrogen-bond donors (Lipinski definition) is 2. The van der Waals surface area contributed by atoms with Crippen molar-refractivity contribution in [3.05, 3.63) is 29.3 Å². The highest BCUT2D eigenvalue weighted by Gasteiger charge is 2.25. The van der Waals surface area contributed by atoms with Gasteiger partial charge in [0.15, 0.2) is 5.96 Å². The molecule has 1 aromatic carbocycles. The van der Waals surface area contributed by atoms with Crippen LogP contribution in [0.3, 0.4) is 0 Å². The first-order valence-corrected chi connectivity index (χ1v) is 10.4. The summed E-state index contributed by atoms with van der Waals surface area (Å²) in [4.78, 5) is 20.9. The molecule has 1 saturated carbocycles. The van der Waals surface area contributed by atoms with Crippen LogP contribution in [0.15, 0.2) is 23.2 Å². The molecular formula is C21H32IN5O2. The lowest BCUT2D eigenvalue weighted by molar-refractivity contribution is -0.122. The second-order valence-electron chi connectivity index (χ2n) is 7.87. The third-order valence-corrected chi connectivity index (χ3v) is 5.64. The Morgan fingerprint density at radius 1 is 1.24 bits per heavy atom. The van der Waals surface area contributed by atoms with Crippen LogP contribution in [0, 0.1) is 0 Å². The summed E-state index contributed by atoms with van der Waals surface area (Å²) < 4.78 is 5.58. The lowest BCUT2D eigenvalue weighted by Crippen LogP contribution is -2.54. The maximum absolute atomic E-state index is 12.0. The Hall–Kier alpha value is -1.55. The largest absolute Gasteiger partial charge is 0.493 e. The molecular weight excluding hydrogens is 481 g/mol. The number of ether oxygens (including phenoxy) is 1. The van der Waals surface area contributed by atoms with Crippen LogP contribution in [0.25, 0.3) is 0 Å². The summed E-state index contributed by atoms with van der Waals surface area (Å²) in [5.41, 5.74) is 2.66. The van der Waals surface area contributed by atoms with Gasteiger partial charge in [0.1, 0.15) is 5.75 Å². The van der Waals surface area contributed by atoms with E-state index in [1.807, 2.05) is 7.05 Å². The van der Waals surface area contributed by atoms with Gasteiger partial charge in [0.2, 0.25) is 5.91 Å². The van der Waals surface area contributed by atoms with Crippen molar-refractivity contribution in [3.8, 4) is 5.75 Å². The average molecular weight is 513 g/mol. The first kappa shape index (κ1) is 22.1. The highest BCUT2D eigenvalue weighted by atomic mass is 127. The summed E-state index contributed by atoms with van der Waals surface area (Å²) in [6.45, 7) is 5.75. The van der Waals surface area contributed by atoms with Crippen LogP contribution in [0.5, 0.6) is 5.75 Å². The molecule has 0 radical (unpaired) electrons. The first-order valence-electron chi connectivity index (χ1n) is 10.4. The maximum atomic E-state index is 12.0. The van der Waals surface area contributed by atoms with Crippen LogP contribution in [-0.4, -0.2) is 80.6 Å². The van der Waals surface area contributed by atoms with Gasteiger partial charge in [-0.05, 0) is 36.5 Å². The van der Waals surface area contributed by atoms with Gasteiger partial charge in [0.05, 0.1) is 13.2 Å². The number of nitrogens with one attached hydrogen (secondary N) is 2. The van der Waals surface area contributed by atoms with Gasteiger partial charge in [-0.15, -0.1) is 24.0 Å². The van der Waals surface area contributed by atoms with Crippen molar-refractivity contribution in [3.63, 3.8) is 0 Å². The average Bonchev–Trinajstić information content (AvgIpc) is 3.39. The molecule has 4 rings (SSSR count). The van der Waals surface area contributed by atoms with Crippen LogP contribution in [-0.2, 0) is 17.6 Å². The van der Waals surface area contributed by atoms with Crippen LogP contribution >= 0.6 is 24.0 Å². The number of amides is 1. The molecule has 1 amide bonds. The Labute approximate surface area is 190 Å². The fourth-order valence-corrected chi connectivity index (χ4v) is 3.87. The summed E-state index contributed by atoms with van der Waals surface area (Å²) in [7, 11) is 1.84. The highest BCUT2D eigenvalue weighted by Crippen LogP contribution is 2.25. The molecule has 3 aliphatic rings. The molecule has 8 heteroatoms. The molecule has 0 unspecified atom stereocenters. The summed E-state index contributed by atoms with van der Waals surface area (Å²) in [5.74, 6) is 2.15. The zero-order valence-corrected chi connectivity index (χ0v) is 19.5. The lowest BCUT2D eigenvalue weighted by atomic mass is 10.1. The molecule has 0 bridgehead atoms. The molecule has 0 aromatic heterocycles. The van der Waals surface area contributed by atoms with E-state index < -0.39 is 0 Å². The minimum absolute atomic E-state index is 0. The Balaban J connectivity index is 0.00000240. The van der Waals surface area contributed by atoms with E-state index in [1.165, 1.54) is 11.1 Å². The second-order valence-corrected chi connectivity index (χ2v) is 7.87. The predicted octanol–water partition coefficient (Wildman–Crippen LogP) is 1.25. The van der Waals surface area contributed by atoms with Crippen LogP contribution < -0.4 is 15.4 Å². The van der Waals surface area contributed by atoms with Gasteiger partial charge in [-0.1, -0.05) is 12.1 Å². The van der Waals surface area contributed by atoms with E-state index in [0.717, 1.165) is 76.7 Å². The van der Waals surface area contributed by atoms with E-state index in [0.29, 0.717) is 12.6 Å². The molecule has 29 heavy (non-hydrogen) atoms. The fraction of sp³-hybridized carbons (Fsp3) is 0.619. The lowest BCUT2D eigenvalue weighted by Gasteiger charge is -2.36. The SMILES string of the molecule is CN=C(NCCc1ccc2c(c1)CCO2)N1CCN(CC(=O)NC2CC2)CC1.I. The summed E-state index contributed by atoms with van der Waals surface area (Å²) >= 11 is 0. The van der Waals surface area contributed by atoms with Crippen molar-refractivity contribution in [2.24, 2.45) is 4.99 Å². The van der Waals surface area contributed by atoms with E-state index in [2.05, 4.69) is 43.6 Å². The number of carbonyl (C=O) groups excluding carboxylic acids is 1. The monoisotopic (exact) mass is 513 g/mol. The molecule has 1 aliphatic carbocycles. The fourth-order valence-electron chi connectivity index (χ4n) is 3.87. The molecule has 1 aromatic rings. The maximum Gasteiger partial charge on any atom is 0.234 e. The van der Waals surface area contributed by atoms with E-state index >= 15 is 0 Å². The number of aliphatic imine (C=N–C) groups is 1. The summed E-state index contributed by atoms with van der Waals surface area (Å²) in [5, 5.41) is 6.56. The number of rotatable bonds is 6. The summed E-state index contributed by atoms with van der Waals surface area (Å²) in [6.07, 6.45) is 4.26. The number of guanidine groups is 1. The van der Waals surface area contributed by atoms with E-state index in [9.17, 15) is 4.79 Å². The van der Waals surface area contributed by atoms with E-state index in [1.54, 1.807) is 0 Å². The van der Waals surface area contributed by atoms with Crippen LogP contribution in [0.2, 0.25) is 0 Å². The molecule has 1 saturated heterocycles. The number of fused-ring (bicyclic) bond motifs is 1. The van der Waals surface area contributed by atoms with Gasteiger partial charge >= 0.3 is 0 Å². The minimum Gasteiger partial charge on any atom is -0.493 e. The van der Waals surface area contributed by atoms with Gasteiger partial charge in [-0.2, -0.15) is 0 Å². The Morgan fingerprint density at radius 2 is 2.03 bits per heavy atom. The molecule has 2 fully saturated rings. The van der Waals surface area contributed by atoms with Crippen molar-refractivity contribution < 1.29 is 9.53 Å². The molecule has 2 aliphatic heterocycles. The highest BCUT2D eigenvalue weighted by molar-refractivity contribution is 14.0. The summed E-state index contributed by atoms with van der Waals surface area (Å²) in [6, 6.07) is 6.94. The number of piperazine rings is 1. The first-order chi connectivity index (χ1) is 13.7. The number of carbonyl (C=O) groups is 1. The smallest absolute Gasteiger partial charge is 0.234 e. The Bertz CT molecular complexity index is 730. The third kappa shape index (κ3) is 6.21. The zero-order valence-electron chi connectivity index (χ0n) is 17.2. The Kier molecular flexibility index (Phi) is 7.99. The normalized spacial score (nSPS) is 19.2. The number of nitrogens with zero attached hydrogens (tertiary/aromatic N) is 3. The van der Waals surface area contributed by atoms with Crippen LogP contribution in [0.1, 0.15) is 24.0 Å². The molecule has 2 heterocycles. The van der Waals surface area contributed by atoms with Crippen LogP contribution in [0.4, 0.5) is 0 Å². The number of halogens is 1. The molecule has 7 nitrogen and oxygen atoms in total. The van der Waals surface area contributed by atoms with E-state index in [-0.39, 0.29) is 29.9 Å². The van der Waals surface area contributed by atoms with Gasteiger partial charge in [-0.3, -0.25) is 14.7 Å². The van der Waals surface area contributed by atoms with Gasteiger partial charge in [-0.25, -0.2) is 0 Å². The van der Waals surface area contributed by atoms with Crippen molar-refractivity contribution in [1.82, 2.24) is 20.4 Å². The number of benzene rings is 1. The van der Waals surface area contributed by atoms with E-state index in [4.69, 9.17) is 4.74 Å². The Morgan fingerprint density at radius 3 is 2.76 bits per heavy atom. The van der Waals surface area contributed by atoms with Crippen molar-refractivity contribution in [2.75, 3.05) is 52.9 Å². The van der Waals surface area contributed by atoms with Gasteiger partial charge in [0, 0.05) is 52.2 Å². The molecule has 0 atom stereocenters. The predicted molar refractivity (Wildman–Crippen MR) is 125 cm³/mol. The molecule has 0 spiro atoms. The zero-order chi connectivity index (χ0) is 19.3. The third-order valence-electron chi connectivity index (χ3n) is 5.64. The standard InChI is InChI=1S/C21H31N5O2.HI/c1-22-21(23-8-6-16-2-5-19-17(14-16)7-13-28-19)26-11-9-25(10-12-26)15-20(27)24-18-3-4-18;/h2,5,14,18H,3-4,6-13,15H2,1H3,(H,22,23)(H,24,27);1H. The molecule has 2 N–H and O–H groups in total.